The van der Waals surface area contributed by atoms with E-state index in [1.54, 1.807) is 23.3 Å². The van der Waals surface area contributed by atoms with Gasteiger partial charge in [0.25, 0.3) is 0 Å². The molecule has 0 saturated heterocycles. The van der Waals surface area contributed by atoms with Gasteiger partial charge in [-0.3, -0.25) is 14.5 Å². The Labute approximate surface area is 156 Å². The minimum absolute atomic E-state index is 0.0194. The zero-order valence-electron chi connectivity index (χ0n) is 14.1. The van der Waals surface area contributed by atoms with Crippen molar-refractivity contribution < 1.29 is 9.53 Å². The molecule has 26 heavy (non-hydrogen) atoms. The number of nitrogens with one attached hydrogen (secondary N) is 1. The standard InChI is InChI=1S/C19H19ClN4O2/c20-18-5-3-16(4-6-18)17-12-23-24(13-17)8-9-26-14-19(25)22-11-15-2-1-7-21-10-15/h1-7,10,12-13H,8-9,11,14H2,(H,22,25). The third-order valence-electron chi connectivity index (χ3n) is 3.72. The van der Waals surface area contributed by atoms with Gasteiger partial charge in [0.1, 0.15) is 6.61 Å². The number of hydrogen-bond acceptors (Lipinski definition) is 4. The molecule has 0 aliphatic heterocycles. The van der Waals surface area contributed by atoms with Crippen LogP contribution in [0.15, 0.2) is 61.2 Å². The van der Waals surface area contributed by atoms with Crippen molar-refractivity contribution in [3.8, 4) is 11.1 Å². The molecular formula is C19H19ClN4O2. The molecule has 1 N–H and O–H groups in total. The predicted molar refractivity (Wildman–Crippen MR) is 99.6 cm³/mol. The van der Waals surface area contributed by atoms with Crippen LogP contribution >= 0.6 is 11.6 Å². The summed E-state index contributed by atoms with van der Waals surface area (Å²) < 4.78 is 7.20. The van der Waals surface area contributed by atoms with Crippen LogP contribution in [0.3, 0.4) is 0 Å². The number of hydrogen-bond donors (Lipinski definition) is 1. The average Bonchev–Trinajstić information content (AvgIpc) is 3.14. The maximum absolute atomic E-state index is 11.8. The van der Waals surface area contributed by atoms with Crippen LogP contribution in [0.4, 0.5) is 0 Å². The van der Waals surface area contributed by atoms with Crippen LogP contribution in [0.25, 0.3) is 11.1 Å². The molecule has 3 rings (SSSR count). The topological polar surface area (TPSA) is 69.0 Å². The Morgan fingerprint density at radius 1 is 1.15 bits per heavy atom. The van der Waals surface area contributed by atoms with Crippen molar-refractivity contribution in [1.29, 1.82) is 0 Å². The zero-order valence-corrected chi connectivity index (χ0v) is 14.9. The summed E-state index contributed by atoms with van der Waals surface area (Å²) in [6.45, 7) is 1.44. The number of carbonyl (C=O) groups is 1. The van der Waals surface area contributed by atoms with Gasteiger partial charge in [0, 0.05) is 35.7 Å². The fraction of sp³-hybridized carbons (Fsp3) is 0.211. The minimum atomic E-state index is -0.156. The molecule has 2 aromatic heterocycles. The van der Waals surface area contributed by atoms with Crippen LogP contribution < -0.4 is 5.32 Å². The highest BCUT2D eigenvalue weighted by Crippen LogP contribution is 2.20. The number of ether oxygens (including phenoxy) is 1. The molecule has 0 fully saturated rings. The molecule has 6 nitrogen and oxygen atoms in total. The lowest BCUT2D eigenvalue weighted by molar-refractivity contribution is -0.125. The average molecular weight is 371 g/mol. The molecule has 3 aromatic rings. The highest BCUT2D eigenvalue weighted by molar-refractivity contribution is 6.30. The summed E-state index contributed by atoms with van der Waals surface area (Å²) in [6.07, 6.45) is 7.15. The molecule has 0 spiro atoms. The summed E-state index contributed by atoms with van der Waals surface area (Å²) in [4.78, 5) is 15.8. The molecule has 2 heterocycles. The van der Waals surface area contributed by atoms with Gasteiger partial charge in [-0.05, 0) is 29.3 Å². The highest BCUT2D eigenvalue weighted by Gasteiger charge is 2.04. The number of rotatable bonds is 8. The van der Waals surface area contributed by atoms with E-state index < -0.39 is 0 Å². The lowest BCUT2D eigenvalue weighted by atomic mass is 10.1. The molecule has 1 aromatic carbocycles. The molecule has 0 atom stereocenters. The number of nitrogens with zero attached hydrogens (tertiary/aromatic N) is 3. The van der Waals surface area contributed by atoms with E-state index in [0.717, 1.165) is 16.7 Å². The number of amides is 1. The molecule has 7 heteroatoms. The number of aromatic nitrogens is 3. The SMILES string of the molecule is O=C(COCCn1cc(-c2ccc(Cl)cc2)cn1)NCc1cccnc1. The lowest BCUT2D eigenvalue weighted by Crippen LogP contribution is -2.27. The van der Waals surface area contributed by atoms with Gasteiger partial charge in [0.15, 0.2) is 0 Å². The quantitative estimate of drug-likeness (QED) is 0.619. The molecule has 0 radical (unpaired) electrons. The number of halogens is 1. The zero-order chi connectivity index (χ0) is 18.2. The second kappa shape index (κ2) is 9.12. The van der Waals surface area contributed by atoms with E-state index in [1.165, 1.54) is 0 Å². The van der Waals surface area contributed by atoms with E-state index in [-0.39, 0.29) is 12.5 Å². The molecule has 1 amide bonds. The van der Waals surface area contributed by atoms with Gasteiger partial charge >= 0.3 is 0 Å². The largest absolute Gasteiger partial charge is 0.370 e. The fourth-order valence-corrected chi connectivity index (χ4v) is 2.48. The van der Waals surface area contributed by atoms with Gasteiger partial charge in [-0.15, -0.1) is 0 Å². The van der Waals surface area contributed by atoms with E-state index in [4.69, 9.17) is 16.3 Å². The van der Waals surface area contributed by atoms with Crippen molar-refractivity contribution >= 4 is 17.5 Å². The van der Waals surface area contributed by atoms with Crippen molar-refractivity contribution in [3.05, 3.63) is 71.8 Å². The summed E-state index contributed by atoms with van der Waals surface area (Å²) in [7, 11) is 0. The smallest absolute Gasteiger partial charge is 0.246 e. The minimum Gasteiger partial charge on any atom is -0.370 e. The Bertz CT molecular complexity index is 834. The van der Waals surface area contributed by atoms with E-state index in [2.05, 4.69) is 15.4 Å². The molecule has 0 aliphatic carbocycles. The van der Waals surface area contributed by atoms with Crippen LogP contribution in [0.2, 0.25) is 5.02 Å². The first-order valence-corrected chi connectivity index (χ1v) is 8.60. The molecule has 0 unspecified atom stereocenters. The van der Waals surface area contributed by atoms with Crippen LogP contribution in [-0.4, -0.2) is 33.9 Å². The van der Waals surface area contributed by atoms with Crippen molar-refractivity contribution in [1.82, 2.24) is 20.1 Å². The normalized spacial score (nSPS) is 10.7. The van der Waals surface area contributed by atoms with Crippen molar-refractivity contribution in [2.24, 2.45) is 0 Å². The second-order valence-electron chi connectivity index (χ2n) is 5.69. The molecule has 0 saturated carbocycles. The third-order valence-corrected chi connectivity index (χ3v) is 3.97. The molecular weight excluding hydrogens is 352 g/mol. The Kier molecular flexibility index (Phi) is 6.35. The lowest BCUT2D eigenvalue weighted by Gasteiger charge is -2.06. The van der Waals surface area contributed by atoms with Crippen LogP contribution in [0.1, 0.15) is 5.56 Å². The predicted octanol–water partition coefficient (Wildman–Crippen LogP) is 2.93. The summed E-state index contributed by atoms with van der Waals surface area (Å²) in [6, 6.07) is 11.3. The number of pyridine rings is 1. The molecule has 0 bridgehead atoms. The van der Waals surface area contributed by atoms with Gasteiger partial charge in [-0.1, -0.05) is 29.8 Å². The Balaban J connectivity index is 1.37. The Hall–Kier alpha value is -2.70. The summed E-state index contributed by atoms with van der Waals surface area (Å²) >= 11 is 5.90. The number of carbonyl (C=O) groups excluding carboxylic acids is 1. The Morgan fingerprint density at radius 2 is 2.00 bits per heavy atom. The second-order valence-corrected chi connectivity index (χ2v) is 6.13. The highest BCUT2D eigenvalue weighted by atomic mass is 35.5. The van der Waals surface area contributed by atoms with Gasteiger partial charge in [-0.25, -0.2) is 0 Å². The van der Waals surface area contributed by atoms with E-state index >= 15 is 0 Å². The maximum Gasteiger partial charge on any atom is 0.246 e. The maximum atomic E-state index is 11.8. The van der Waals surface area contributed by atoms with Gasteiger partial charge in [0.2, 0.25) is 5.91 Å². The first-order chi connectivity index (χ1) is 12.7. The van der Waals surface area contributed by atoms with Gasteiger partial charge in [-0.2, -0.15) is 5.10 Å². The molecule has 134 valence electrons. The molecule has 0 aliphatic rings. The van der Waals surface area contributed by atoms with Crippen molar-refractivity contribution in [3.63, 3.8) is 0 Å². The number of benzene rings is 1. The van der Waals surface area contributed by atoms with E-state index in [9.17, 15) is 4.79 Å². The monoisotopic (exact) mass is 370 g/mol. The third kappa shape index (κ3) is 5.40. The van der Waals surface area contributed by atoms with Crippen molar-refractivity contribution in [2.45, 2.75) is 13.1 Å². The van der Waals surface area contributed by atoms with E-state index in [0.29, 0.717) is 24.7 Å². The van der Waals surface area contributed by atoms with E-state index in [1.807, 2.05) is 42.6 Å². The van der Waals surface area contributed by atoms with Gasteiger partial charge in [0.05, 0.1) is 19.3 Å². The van der Waals surface area contributed by atoms with Crippen LogP contribution in [0.5, 0.6) is 0 Å². The van der Waals surface area contributed by atoms with Gasteiger partial charge < -0.3 is 10.1 Å². The van der Waals surface area contributed by atoms with Crippen LogP contribution in [-0.2, 0) is 22.6 Å². The summed E-state index contributed by atoms with van der Waals surface area (Å²) in [5.74, 6) is -0.156. The van der Waals surface area contributed by atoms with Crippen LogP contribution in [0, 0.1) is 0 Å². The summed E-state index contributed by atoms with van der Waals surface area (Å²) in [5, 5.41) is 7.80. The Morgan fingerprint density at radius 3 is 2.77 bits per heavy atom. The summed E-state index contributed by atoms with van der Waals surface area (Å²) in [5.41, 5.74) is 3.01. The fourth-order valence-electron chi connectivity index (χ4n) is 2.35. The van der Waals surface area contributed by atoms with Crippen molar-refractivity contribution in [2.75, 3.05) is 13.2 Å². The first kappa shape index (κ1) is 18.1. The first-order valence-electron chi connectivity index (χ1n) is 8.22.